The molecule has 1 heterocycles. The number of rotatable bonds is 4. The van der Waals surface area contributed by atoms with Crippen molar-refractivity contribution in [3.05, 3.63) is 58.3 Å². The molecule has 0 radical (unpaired) electrons. The molecule has 7 nitrogen and oxygen atoms in total. The van der Waals surface area contributed by atoms with Crippen LogP contribution in [0.4, 0.5) is 4.39 Å². The quantitative estimate of drug-likeness (QED) is 0.800. The summed E-state index contributed by atoms with van der Waals surface area (Å²) in [5.74, 6) is -2.55. The molecule has 0 unspecified atom stereocenters. The van der Waals surface area contributed by atoms with Gasteiger partial charge >= 0.3 is 5.97 Å². The van der Waals surface area contributed by atoms with E-state index in [1.807, 2.05) is 0 Å². The number of hydrogen-bond acceptors (Lipinski definition) is 4. The van der Waals surface area contributed by atoms with Gasteiger partial charge in [-0.3, -0.25) is 14.4 Å². The van der Waals surface area contributed by atoms with E-state index in [1.165, 1.54) is 36.4 Å². The predicted octanol–water partition coefficient (Wildman–Crippen LogP) is 2.13. The average molecular weight is 373 g/mol. The van der Waals surface area contributed by atoms with Gasteiger partial charge in [-0.05, 0) is 43.2 Å². The summed E-state index contributed by atoms with van der Waals surface area (Å²) in [5, 5.41) is 16.2. The average Bonchev–Trinajstić information content (AvgIpc) is 2.88. The van der Waals surface area contributed by atoms with Crippen LogP contribution in [0.5, 0.6) is 0 Å². The number of carboxylic acid groups (broad SMARTS) is 1. The standard InChI is InChI=1S/C19H20FN3O4/c20-12-6-8-13(9-7-12)23-17(24)11-10-16(22-23)18(25)21-15-5-3-1-2-4-14(15)19(26)27/h6-11,14-15H,1-5H2,(H,21,25)(H,26,27)/t14-,15+/m1/s1. The molecule has 0 bridgehead atoms. The normalized spacial score (nSPS) is 19.9. The Morgan fingerprint density at radius 3 is 2.48 bits per heavy atom. The van der Waals surface area contributed by atoms with Gasteiger partial charge in [0.15, 0.2) is 0 Å². The van der Waals surface area contributed by atoms with Crippen molar-refractivity contribution in [2.24, 2.45) is 5.92 Å². The number of aromatic nitrogens is 2. The molecule has 0 saturated heterocycles. The summed E-state index contributed by atoms with van der Waals surface area (Å²) < 4.78 is 14.1. The van der Waals surface area contributed by atoms with Gasteiger partial charge in [0.1, 0.15) is 11.5 Å². The number of nitrogens with one attached hydrogen (secondary N) is 1. The highest BCUT2D eigenvalue weighted by atomic mass is 19.1. The summed E-state index contributed by atoms with van der Waals surface area (Å²) in [7, 11) is 0. The van der Waals surface area contributed by atoms with E-state index in [4.69, 9.17) is 0 Å². The maximum absolute atomic E-state index is 13.1. The van der Waals surface area contributed by atoms with E-state index in [1.54, 1.807) is 0 Å². The Morgan fingerprint density at radius 1 is 1.07 bits per heavy atom. The lowest BCUT2D eigenvalue weighted by Gasteiger charge is -2.22. The lowest BCUT2D eigenvalue weighted by Crippen LogP contribution is -2.43. The number of halogens is 1. The van der Waals surface area contributed by atoms with Crippen LogP contribution >= 0.6 is 0 Å². The number of carboxylic acids is 1. The Balaban J connectivity index is 1.84. The van der Waals surface area contributed by atoms with Gasteiger partial charge < -0.3 is 10.4 Å². The summed E-state index contributed by atoms with van der Waals surface area (Å²) in [4.78, 5) is 36.2. The van der Waals surface area contributed by atoms with E-state index in [9.17, 15) is 23.9 Å². The van der Waals surface area contributed by atoms with Crippen molar-refractivity contribution in [2.75, 3.05) is 0 Å². The first-order valence-electron chi connectivity index (χ1n) is 8.86. The maximum atomic E-state index is 13.1. The molecule has 27 heavy (non-hydrogen) atoms. The molecule has 2 atom stereocenters. The molecule has 1 aromatic heterocycles. The van der Waals surface area contributed by atoms with Crippen LogP contribution in [0.3, 0.4) is 0 Å². The van der Waals surface area contributed by atoms with Gasteiger partial charge in [0.05, 0.1) is 11.6 Å². The number of amides is 1. The molecule has 0 spiro atoms. The van der Waals surface area contributed by atoms with Crippen LogP contribution in [0.2, 0.25) is 0 Å². The summed E-state index contributed by atoms with van der Waals surface area (Å²) in [6.45, 7) is 0. The second-order valence-electron chi connectivity index (χ2n) is 6.61. The van der Waals surface area contributed by atoms with Crippen molar-refractivity contribution >= 4 is 11.9 Å². The molecule has 1 fully saturated rings. The molecular weight excluding hydrogens is 353 g/mol. The summed E-state index contributed by atoms with van der Waals surface area (Å²) in [6.07, 6.45) is 3.70. The lowest BCUT2D eigenvalue weighted by atomic mass is 9.95. The fraction of sp³-hybridized carbons (Fsp3) is 0.368. The van der Waals surface area contributed by atoms with Gasteiger partial charge in [0, 0.05) is 12.1 Å². The third kappa shape index (κ3) is 4.39. The van der Waals surface area contributed by atoms with Gasteiger partial charge in [-0.15, -0.1) is 0 Å². The molecule has 1 aliphatic carbocycles. The molecular formula is C19H20FN3O4. The van der Waals surface area contributed by atoms with Crippen LogP contribution in [-0.2, 0) is 4.79 Å². The van der Waals surface area contributed by atoms with Crippen LogP contribution in [0, 0.1) is 11.7 Å². The molecule has 142 valence electrons. The van der Waals surface area contributed by atoms with Crippen molar-refractivity contribution < 1.29 is 19.1 Å². The summed E-state index contributed by atoms with van der Waals surface area (Å²) in [5.41, 5.74) is -0.141. The van der Waals surface area contributed by atoms with E-state index in [-0.39, 0.29) is 5.69 Å². The Bertz CT molecular complexity index is 895. The molecule has 3 rings (SSSR count). The fourth-order valence-electron chi connectivity index (χ4n) is 3.32. The van der Waals surface area contributed by atoms with Crippen LogP contribution in [-0.4, -0.2) is 32.8 Å². The number of nitrogens with zero attached hydrogens (tertiary/aromatic N) is 2. The van der Waals surface area contributed by atoms with Crippen molar-refractivity contribution in [3.8, 4) is 5.69 Å². The highest BCUT2D eigenvalue weighted by Gasteiger charge is 2.31. The van der Waals surface area contributed by atoms with Crippen LogP contribution in [0.1, 0.15) is 42.6 Å². The third-order valence-electron chi connectivity index (χ3n) is 4.75. The van der Waals surface area contributed by atoms with E-state index in [0.29, 0.717) is 18.5 Å². The molecule has 2 aromatic rings. The van der Waals surface area contributed by atoms with Gasteiger partial charge in [-0.1, -0.05) is 19.3 Å². The topological polar surface area (TPSA) is 101 Å². The molecule has 0 aliphatic heterocycles. The monoisotopic (exact) mass is 373 g/mol. The minimum atomic E-state index is -0.925. The first-order chi connectivity index (χ1) is 13.0. The molecule has 2 N–H and O–H groups in total. The molecule has 1 saturated carbocycles. The summed E-state index contributed by atoms with van der Waals surface area (Å²) >= 11 is 0. The minimum absolute atomic E-state index is 0.00712. The van der Waals surface area contributed by atoms with Crippen LogP contribution in [0.25, 0.3) is 5.69 Å². The zero-order valence-electron chi connectivity index (χ0n) is 14.6. The Labute approximate surface area is 154 Å². The molecule has 1 aromatic carbocycles. The number of carbonyl (C=O) groups excluding carboxylic acids is 1. The lowest BCUT2D eigenvalue weighted by molar-refractivity contribution is -0.142. The Hall–Kier alpha value is -3.03. The number of carbonyl (C=O) groups is 2. The number of hydrogen-bond donors (Lipinski definition) is 2. The van der Waals surface area contributed by atoms with Crippen LogP contribution in [0.15, 0.2) is 41.2 Å². The van der Waals surface area contributed by atoms with E-state index in [0.717, 1.165) is 23.9 Å². The zero-order valence-corrected chi connectivity index (χ0v) is 14.6. The smallest absolute Gasteiger partial charge is 0.308 e. The van der Waals surface area contributed by atoms with Gasteiger partial charge in [0.25, 0.3) is 11.5 Å². The van der Waals surface area contributed by atoms with E-state index in [2.05, 4.69) is 10.4 Å². The molecule has 8 heteroatoms. The predicted molar refractivity (Wildman–Crippen MR) is 95.3 cm³/mol. The van der Waals surface area contributed by atoms with Gasteiger partial charge in [-0.2, -0.15) is 9.78 Å². The van der Waals surface area contributed by atoms with E-state index < -0.39 is 35.2 Å². The Morgan fingerprint density at radius 2 is 1.78 bits per heavy atom. The van der Waals surface area contributed by atoms with Crippen LogP contribution < -0.4 is 10.9 Å². The minimum Gasteiger partial charge on any atom is -0.481 e. The van der Waals surface area contributed by atoms with Gasteiger partial charge in [0.2, 0.25) is 0 Å². The van der Waals surface area contributed by atoms with Crippen molar-refractivity contribution in [1.82, 2.24) is 15.1 Å². The third-order valence-corrected chi connectivity index (χ3v) is 4.75. The Kier molecular flexibility index (Phi) is 5.63. The fourth-order valence-corrected chi connectivity index (χ4v) is 3.32. The SMILES string of the molecule is O=C(N[C@H]1CCCCC[C@H]1C(=O)O)c1ccc(=O)n(-c2ccc(F)cc2)n1. The number of aliphatic carboxylic acids is 1. The van der Waals surface area contributed by atoms with Gasteiger partial charge in [-0.25, -0.2) is 4.39 Å². The van der Waals surface area contributed by atoms with Crippen molar-refractivity contribution in [2.45, 2.75) is 38.1 Å². The van der Waals surface area contributed by atoms with Crippen molar-refractivity contribution in [3.63, 3.8) is 0 Å². The highest BCUT2D eigenvalue weighted by molar-refractivity contribution is 5.92. The molecule has 1 aliphatic rings. The largest absolute Gasteiger partial charge is 0.481 e. The highest BCUT2D eigenvalue weighted by Crippen LogP contribution is 2.24. The first-order valence-corrected chi connectivity index (χ1v) is 8.86. The van der Waals surface area contributed by atoms with E-state index >= 15 is 0 Å². The second kappa shape index (κ2) is 8.11. The second-order valence-corrected chi connectivity index (χ2v) is 6.61. The number of benzene rings is 1. The first kappa shape index (κ1) is 18.8. The zero-order chi connectivity index (χ0) is 19.4. The summed E-state index contributed by atoms with van der Waals surface area (Å²) in [6, 6.07) is 7.18. The van der Waals surface area contributed by atoms with Crippen molar-refractivity contribution in [1.29, 1.82) is 0 Å². The molecule has 1 amide bonds. The maximum Gasteiger partial charge on any atom is 0.308 e.